The predicted octanol–water partition coefficient (Wildman–Crippen LogP) is 2.77. The van der Waals surface area contributed by atoms with Gasteiger partial charge < -0.3 is 5.73 Å². The molecule has 0 saturated heterocycles. The number of hydrogen-bond acceptors (Lipinski definition) is 2. The highest BCUT2D eigenvalue weighted by Crippen LogP contribution is 2.20. The van der Waals surface area contributed by atoms with E-state index in [0.717, 1.165) is 11.1 Å². The number of benzene rings is 1. The van der Waals surface area contributed by atoms with Gasteiger partial charge in [0.25, 0.3) is 0 Å². The Hall–Kier alpha value is -1.67. The van der Waals surface area contributed by atoms with Gasteiger partial charge in [-0.2, -0.15) is 0 Å². The van der Waals surface area contributed by atoms with E-state index in [2.05, 4.69) is 29.2 Å². The molecule has 2 heteroatoms. The minimum Gasteiger partial charge on any atom is -0.324 e. The van der Waals surface area contributed by atoms with Crippen molar-refractivity contribution in [1.29, 1.82) is 0 Å². The Morgan fingerprint density at radius 3 is 2.33 bits per heavy atom. The summed E-state index contributed by atoms with van der Waals surface area (Å²) in [7, 11) is 0. The maximum absolute atomic E-state index is 5.79. The molecule has 0 unspecified atom stereocenters. The zero-order valence-electron chi connectivity index (χ0n) is 8.72. The smallest absolute Gasteiger partial charge is 0.0346 e. The molecule has 2 aromatic rings. The van der Waals surface area contributed by atoms with Crippen molar-refractivity contribution in [3.05, 3.63) is 54.4 Å². The van der Waals surface area contributed by atoms with E-state index >= 15 is 0 Å². The number of pyridine rings is 1. The van der Waals surface area contributed by atoms with Crippen LogP contribution in [-0.4, -0.2) is 4.98 Å². The van der Waals surface area contributed by atoms with Gasteiger partial charge in [-0.05, 0) is 29.7 Å². The zero-order valence-corrected chi connectivity index (χ0v) is 8.72. The van der Waals surface area contributed by atoms with Crippen LogP contribution in [0.15, 0.2) is 48.8 Å². The van der Waals surface area contributed by atoms with E-state index in [-0.39, 0.29) is 6.04 Å². The lowest BCUT2D eigenvalue weighted by Gasteiger charge is -2.06. The van der Waals surface area contributed by atoms with Crippen molar-refractivity contribution in [2.75, 3.05) is 0 Å². The Bertz CT molecular complexity index is 418. The van der Waals surface area contributed by atoms with Crippen molar-refractivity contribution in [2.45, 2.75) is 13.0 Å². The van der Waals surface area contributed by atoms with Gasteiger partial charge in [0.1, 0.15) is 0 Å². The number of aromatic nitrogens is 1. The fourth-order valence-electron chi connectivity index (χ4n) is 1.51. The summed E-state index contributed by atoms with van der Waals surface area (Å²) in [5.41, 5.74) is 9.25. The third kappa shape index (κ3) is 2.22. The fraction of sp³-hybridized carbons (Fsp3) is 0.154. The summed E-state index contributed by atoms with van der Waals surface area (Å²) in [4.78, 5) is 4.09. The van der Waals surface area contributed by atoms with E-state index in [1.165, 1.54) is 5.56 Å². The summed E-state index contributed by atoms with van der Waals surface area (Å²) in [6, 6.07) is 12.4. The normalized spacial score (nSPS) is 12.4. The van der Waals surface area contributed by atoms with Crippen LogP contribution in [0.5, 0.6) is 0 Å². The van der Waals surface area contributed by atoms with Gasteiger partial charge in [-0.25, -0.2) is 0 Å². The van der Waals surface area contributed by atoms with Crippen LogP contribution in [0.3, 0.4) is 0 Å². The second kappa shape index (κ2) is 4.24. The molecule has 0 amide bonds. The molecular weight excluding hydrogens is 184 g/mol. The lowest BCUT2D eigenvalue weighted by molar-refractivity contribution is 0.818. The summed E-state index contributed by atoms with van der Waals surface area (Å²) in [6.45, 7) is 1.99. The van der Waals surface area contributed by atoms with Gasteiger partial charge in [0.15, 0.2) is 0 Å². The van der Waals surface area contributed by atoms with Crippen LogP contribution in [0, 0.1) is 0 Å². The molecule has 0 radical (unpaired) electrons. The Balaban J connectivity index is 2.32. The van der Waals surface area contributed by atoms with Crippen LogP contribution in [0.1, 0.15) is 18.5 Å². The van der Waals surface area contributed by atoms with Crippen LogP contribution in [0.25, 0.3) is 11.1 Å². The first-order valence-electron chi connectivity index (χ1n) is 5.03. The molecule has 1 aromatic heterocycles. The first-order valence-corrected chi connectivity index (χ1v) is 5.03. The number of nitrogens with two attached hydrogens (primary N) is 1. The van der Waals surface area contributed by atoms with Crippen molar-refractivity contribution < 1.29 is 0 Å². The van der Waals surface area contributed by atoms with Gasteiger partial charge in [-0.1, -0.05) is 30.3 Å². The fourth-order valence-corrected chi connectivity index (χ4v) is 1.51. The minimum atomic E-state index is 0.0907. The molecule has 0 fully saturated rings. The summed E-state index contributed by atoms with van der Waals surface area (Å²) in [5.74, 6) is 0. The maximum Gasteiger partial charge on any atom is 0.0346 e. The lowest BCUT2D eigenvalue weighted by atomic mass is 10.0. The molecule has 0 aliphatic carbocycles. The molecule has 0 aliphatic rings. The first kappa shape index (κ1) is 9.87. The van der Waals surface area contributed by atoms with Crippen LogP contribution in [0.4, 0.5) is 0 Å². The van der Waals surface area contributed by atoms with Crippen molar-refractivity contribution in [3.8, 4) is 11.1 Å². The maximum atomic E-state index is 5.79. The van der Waals surface area contributed by atoms with E-state index in [4.69, 9.17) is 5.73 Å². The number of hydrogen-bond donors (Lipinski definition) is 1. The topological polar surface area (TPSA) is 38.9 Å². The standard InChI is InChI=1S/C13H14N2/c1-10(14)11-4-6-12(7-5-11)13-3-2-8-15-9-13/h2-10H,14H2,1H3/t10-/m0/s1. The monoisotopic (exact) mass is 198 g/mol. The van der Waals surface area contributed by atoms with Crippen LogP contribution in [-0.2, 0) is 0 Å². The molecule has 0 saturated carbocycles. The second-order valence-electron chi connectivity index (χ2n) is 3.65. The van der Waals surface area contributed by atoms with Crippen molar-refractivity contribution in [1.82, 2.24) is 4.98 Å². The molecule has 0 aliphatic heterocycles. The molecule has 2 N–H and O–H groups in total. The molecular formula is C13H14N2. The summed E-state index contributed by atoms with van der Waals surface area (Å²) < 4.78 is 0. The van der Waals surface area contributed by atoms with Crippen LogP contribution >= 0.6 is 0 Å². The van der Waals surface area contributed by atoms with Gasteiger partial charge in [-0.15, -0.1) is 0 Å². The number of nitrogens with zero attached hydrogens (tertiary/aromatic N) is 1. The summed E-state index contributed by atoms with van der Waals surface area (Å²) in [6.07, 6.45) is 3.64. The largest absolute Gasteiger partial charge is 0.324 e. The molecule has 0 bridgehead atoms. The molecule has 0 spiro atoms. The van der Waals surface area contributed by atoms with Crippen molar-refractivity contribution in [2.24, 2.45) is 5.73 Å². The lowest BCUT2D eigenvalue weighted by Crippen LogP contribution is -2.04. The Kier molecular flexibility index (Phi) is 2.79. The predicted molar refractivity (Wildman–Crippen MR) is 62.3 cm³/mol. The van der Waals surface area contributed by atoms with E-state index in [1.54, 1.807) is 6.20 Å². The first-order chi connectivity index (χ1) is 7.27. The van der Waals surface area contributed by atoms with Gasteiger partial charge in [0.05, 0.1) is 0 Å². The molecule has 1 aromatic carbocycles. The van der Waals surface area contributed by atoms with Gasteiger partial charge >= 0.3 is 0 Å². The van der Waals surface area contributed by atoms with Crippen LogP contribution in [0.2, 0.25) is 0 Å². The van der Waals surface area contributed by atoms with Crippen molar-refractivity contribution in [3.63, 3.8) is 0 Å². The van der Waals surface area contributed by atoms with E-state index in [1.807, 2.05) is 25.3 Å². The SMILES string of the molecule is C[C@H](N)c1ccc(-c2cccnc2)cc1. The van der Waals surface area contributed by atoms with Crippen molar-refractivity contribution >= 4 is 0 Å². The average molecular weight is 198 g/mol. The van der Waals surface area contributed by atoms with E-state index < -0.39 is 0 Å². The molecule has 2 nitrogen and oxygen atoms in total. The molecule has 2 rings (SSSR count). The van der Waals surface area contributed by atoms with E-state index in [0.29, 0.717) is 0 Å². The Morgan fingerprint density at radius 2 is 1.80 bits per heavy atom. The zero-order chi connectivity index (χ0) is 10.7. The van der Waals surface area contributed by atoms with E-state index in [9.17, 15) is 0 Å². The van der Waals surface area contributed by atoms with Gasteiger partial charge in [0.2, 0.25) is 0 Å². The quantitative estimate of drug-likeness (QED) is 0.805. The molecule has 15 heavy (non-hydrogen) atoms. The third-order valence-electron chi connectivity index (χ3n) is 2.43. The highest BCUT2D eigenvalue weighted by molar-refractivity contribution is 5.62. The Labute approximate surface area is 89.8 Å². The van der Waals surface area contributed by atoms with Crippen LogP contribution < -0.4 is 5.73 Å². The summed E-state index contributed by atoms with van der Waals surface area (Å²) >= 11 is 0. The molecule has 1 atom stereocenters. The average Bonchev–Trinajstić information content (AvgIpc) is 2.30. The number of rotatable bonds is 2. The highest BCUT2D eigenvalue weighted by atomic mass is 14.6. The van der Waals surface area contributed by atoms with Gasteiger partial charge in [-0.3, -0.25) is 4.98 Å². The molecule has 76 valence electrons. The second-order valence-corrected chi connectivity index (χ2v) is 3.65. The van der Waals surface area contributed by atoms with Gasteiger partial charge in [0, 0.05) is 18.4 Å². The Morgan fingerprint density at radius 1 is 1.07 bits per heavy atom. The molecule has 1 heterocycles. The third-order valence-corrected chi connectivity index (χ3v) is 2.43. The minimum absolute atomic E-state index is 0.0907. The summed E-state index contributed by atoms with van der Waals surface area (Å²) in [5, 5.41) is 0. The highest BCUT2D eigenvalue weighted by Gasteiger charge is 2.00.